The summed E-state index contributed by atoms with van der Waals surface area (Å²) in [6.45, 7) is 0. The van der Waals surface area contributed by atoms with Crippen LogP contribution in [0.15, 0.2) is 42.6 Å². The van der Waals surface area contributed by atoms with E-state index in [9.17, 15) is 9.90 Å². The Kier molecular flexibility index (Phi) is 2.42. The van der Waals surface area contributed by atoms with Gasteiger partial charge in [0, 0.05) is 6.20 Å². The third-order valence-electron chi connectivity index (χ3n) is 2.81. The molecule has 0 aliphatic heterocycles. The maximum Gasteiger partial charge on any atom is 0.339 e. The first-order valence-electron chi connectivity index (χ1n) is 5.54. The molecule has 94 valence electrons. The number of fused-ring (bicyclic) bond motifs is 1. The van der Waals surface area contributed by atoms with Crippen molar-refractivity contribution in [1.29, 1.82) is 0 Å². The molecule has 0 aliphatic carbocycles. The molecule has 0 saturated carbocycles. The number of phenolic OH excluding ortho intramolecular Hbond substituents is 1. The zero-order valence-corrected chi connectivity index (χ0v) is 9.69. The number of hydrogen-bond acceptors (Lipinski definition) is 4. The zero-order valence-electron chi connectivity index (χ0n) is 9.69. The van der Waals surface area contributed by atoms with E-state index in [2.05, 4.69) is 10.2 Å². The maximum absolute atomic E-state index is 11.1. The van der Waals surface area contributed by atoms with Gasteiger partial charge in [-0.15, -0.1) is 10.2 Å². The highest BCUT2D eigenvalue weighted by Crippen LogP contribution is 2.27. The van der Waals surface area contributed by atoms with Gasteiger partial charge in [-0.25, -0.2) is 4.79 Å². The summed E-state index contributed by atoms with van der Waals surface area (Å²) in [6, 6.07) is 9.75. The first kappa shape index (κ1) is 11.2. The molecule has 6 heteroatoms. The molecule has 0 radical (unpaired) electrons. The highest BCUT2D eigenvalue weighted by atomic mass is 16.4. The Hall–Kier alpha value is -2.89. The summed E-state index contributed by atoms with van der Waals surface area (Å²) < 4.78 is 1.54. The summed E-state index contributed by atoms with van der Waals surface area (Å²) in [4.78, 5) is 11.1. The number of pyridine rings is 1. The number of para-hydroxylation sites is 1. The molecule has 0 saturated heterocycles. The summed E-state index contributed by atoms with van der Waals surface area (Å²) in [5, 5.41) is 26.7. The lowest BCUT2D eigenvalue weighted by atomic mass is 10.2. The predicted octanol–water partition coefficient (Wildman–Crippen LogP) is 1.80. The molecule has 2 aromatic heterocycles. The lowest BCUT2D eigenvalue weighted by molar-refractivity contribution is 0.0698. The standard InChI is InChI=1S/C13H9N3O3/c17-10-6-2-1-4-8(10)11-14-15-12-9(13(18)19)5-3-7-16(11)12/h1-7,17H,(H,18,19). The van der Waals surface area contributed by atoms with Crippen molar-refractivity contribution in [2.75, 3.05) is 0 Å². The number of carboxylic acids is 1. The number of carboxylic acid groups (broad SMARTS) is 1. The highest BCUT2D eigenvalue weighted by molar-refractivity contribution is 5.94. The number of hydrogen-bond donors (Lipinski definition) is 2. The Balaban J connectivity index is 2.31. The van der Waals surface area contributed by atoms with Gasteiger partial charge in [-0.1, -0.05) is 12.1 Å². The topological polar surface area (TPSA) is 87.7 Å². The van der Waals surface area contributed by atoms with E-state index in [1.807, 2.05) is 0 Å². The fourth-order valence-corrected chi connectivity index (χ4v) is 1.93. The lowest BCUT2D eigenvalue weighted by Crippen LogP contribution is -2.00. The van der Waals surface area contributed by atoms with Crippen molar-refractivity contribution in [3.63, 3.8) is 0 Å². The van der Waals surface area contributed by atoms with Crippen molar-refractivity contribution in [3.05, 3.63) is 48.2 Å². The largest absolute Gasteiger partial charge is 0.507 e. The van der Waals surface area contributed by atoms with E-state index in [1.54, 1.807) is 34.9 Å². The highest BCUT2D eigenvalue weighted by Gasteiger charge is 2.16. The second-order valence-electron chi connectivity index (χ2n) is 3.96. The van der Waals surface area contributed by atoms with Crippen LogP contribution in [0.5, 0.6) is 5.75 Å². The smallest absolute Gasteiger partial charge is 0.339 e. The summed E-state index contributed by atoms with van der Waals surface area (Å²) in [5.41, 5.74) is 0.808. The third kappa shape index (κ3) is 1.70. The second-order valence-corrected chi connectivity index (χ2v) is 3.96. The van der Waals surface area contributed by atoms with Crippen LogP contribution in [0, 0.1) is 0 Å². The molecule has 2 N–H and O–H groups in total. The van der Waals surface area contributed by atoms with Crippen LogP contribution in [0.3, 0.4) is 0 Å². The average molecular weight is 255 g/mol. The molecular weight excluding hydrogens is 246 g/mol. The number of aromatic carboxylic acids is 1. The Morgan fingerprint density at radius 1 is 1.11 bits per heavy atom. The molecule has 0 atom stereocenters. The third-order valence-corrected chi connectivity index (χ3v) is 2.81. The van der Waals surface area contributed by atoms with E-state index in [4.69, 9.17) is 5.11 Å². The van der Waals surface area contributed by atoms with E-state index < -0.39 is 5.97 Å². The van der Waals surface area contributed by atoms with Crippen LogP contribution in [0.2, 0.25) is 0 Å². The van der Waals surface area contributed by atoms with Crippen LogP contribution in [0.1, 0.15) is 10.4 Å². The first-order valence-corrected chi connectivity index (χ1v) is 5.54. The van der Waals surface area contributed by atoms with Gasteiger partial charge in [0.15, 0.2) is 11.5 Å². The predicted molar refractivity (Wildman–Crippen MR) is 67.0 cm³/mol. The lowest BCUT2D eigenvalue weighted by Gasteiger charge is -2.03. The quantitative estimate of drug-likeness (QED) is 0.729. The van der Waals surface area contributed by atoms with Crippen LogP contribution in [-0.4, -0.2) is 30.8 Å². The Morgan fingerprint density at radius 2 is 1.89 bits per heavy atom. The van der Waals surface area contributed by atoms with E-state index >= 15 is 0 Å². The van der Waals surface area contributed by atoms with Crippen LogP contribution >= 0.6 is 0 Å². The SMILES string of the molecule is O=C(O)c1cccn2c(-c3ccccc3O)nnc12. The fourth-order valence-electron chi connectivity index (χ4n) is 1.93. The Morgan fingerprint density at radius 3 is 2.63 bits per heavy atom. The molecular formula is C13H9N3O3. The number of carbonyl (C=O) groups is 1. The number of phenols is 1. The van der Waals surface area contributed by atoms with Crippen molar-refractivity contribution < 1.29 is 15.0 Å². The van der Waals surface area contributed by atoms with Gasteiger partial charge < -0.3 is 10.2 Å². The zero-order chi connectivity index (χ0) is 13.4. The summed E-state index contributed by atoms with van der Waals surface area (Å²) >= 11 is 0. The molecule has 3 rings (SSSR count). The second kappa shape index (κ2) is 4.09. The molecule has 0 bridgehead atoms. The van der Waals surface area contributed by atoms with Crippen molar-refractivity contribution in [2.45, 2.75) is 0 Å². The van der Waals surface area contributed by atoms with Gasteiger partial charge in [-0.05, 0) is 24.3 Å². The molecule has 0 fully saturated rings. The van der Waals surface area contributed by atoms with Crippen LogP contribution in [-0.2, 0) is 0 Å². The minimum absolute atomic E-state index is 0.0664. The monoisotopic (exact) mass is 255 g/mol. The molecule has 0 spiro atoms. The minimum atomic E-state index is -1.07. The molecule has 2 heterocycles. The fraction of sp³-hybridized carbons (Fsp3) is 0. The van der Waals surface area contributed by atoms with Gasteiger partial charge >= 0.3 is 5.97 Å². The molecule has 0 amide bonds. The molecule has 6 nitrogen and oxygen atoms in total. The Labute approximate surface area is 107 Å². The number of benzene rings is 1. The van der Waals surface area contributed by atoms with E-state index in [1.165, 1.54) is 12.1 Å². The van der Waals surface area contributed by atoms with Gasteiger partial charge in [0.05, 0.1) is 5.56 Å². The molecule has 0 aliphatic rings. The Bertz CT molecular complexity index is 780. The summed E-state index contributed by atoms with van der Waals surface area (Å²) in [7, 11) is 0. The van der Waals surface area contributed by atoms with Crippen LogP contribution in [0.4, 0.5) is 0 Å². The number of aromatic hydroxyl groups is 1. The molecule has 1 aromatic carbocycles. The van der Waals surface area contributed by atoms with Crippen molar-refractivity contribution in [2.24, 2.45) is 0 Å². The van der Waals surface area contributed by atoms with E-state index in [-0.39, 0.29) is 17.0 Å². The van der Waals surface area contributed by atoms with Gasteiger partial charge in [-0.3, -0.25) is 4.40 Å². The summed E-state index contributed by atoms with van der Waals surface area (Å²) in [5.74, 6) is -0.601. The summed E-state index contributed by atoms with van der Waals surface area (Å²) in [6.07, 6.45) is 1.66. The number of nitrogens with zero attached hydrogens (tertiary/aromatic N) is 3. The molecule has 3 aromatic rings. The normalized spacial score (nSPS) is 10.7. The van der Waals surface area contributed by atoms with Gasteiger partial charge in [0.1, 0.15) is 11.3 Å². The number of aromatic nitrogens is 3. The first-order chi connectivity index (χ1) is 9.18. The van der Waals surface area contributed by atoms with Gasteiger partial charge in [0.25, 0.3) is 0 Å². The van der Waals surface area contributed by atoms with E-state index in [0.29, 0.717) is 11.4 Å². The maximum atomic E-state index is 11.1. The van der Waals surface area contributed by atoms with Crippen LogP contribution in [0.25, 0.3) is 17.0 Å². The van der Waals surface area contributed by atoms with Crippen molar-refractivity contribution in [3.8, 4) is 17.1 Å². The molecule has 19 heavy (non-hydrogen) atoms. The number of rotatable bonds is 2. The average Bonchev–Trinajstić information content (AvgIpc) is 2.82. The van der Waals surface area contributed by atoms with Crippen LogP contribution < -0.4 is 0 Å². The van der Waals surface area contributed by atoms with Crippen molar-refractivity contribution in [1.82, 2.24) is 14.6 Å². The van der Waals surface area contributed by atoms with Crippen molar-refractivity contribution >= 4 is 11.6 Å². The molecule has 0 unspecified atom stereocenters. The van der Waals surface area contributed by atoms with Gasteiger partial charge in [0.2, 0.25) is 0 Å². The van der Waals surface area contributed by atoms with Gasteiger partial charge in [-0.2, -0.15) is 0 Å². The minimum Gasteiger partial charge on any atom is -0.507 e. The van der Waals surface area contributed by atoms with E-state index in [0.717, 1.165) is 0 Å².